The van der Waals surface area contributed by atoms with Gasteiger partial charge in [-0.05, 0) is 84.0 Å². The normalized spacial score (nSPS) is 19.2. The van der Waals surface area contributed by atoms with Crippen LogP contribution >= 0.6 is 0 Å². The molecule has 0 spiro atoms. The van der Waals surface area contributed by atoms with E-state index in [1.165, 1.54) is 20.8 Å². The lowest BCUT2D eigenvalue weighted by molar-refractivity contribution is -0.146. The van der Waals surface area contributed by atoms with Gasteiger partial charge in [-0.2, -0.15) is 0 Å². The SMILES string of the molecule is CC(C)[C@H](NC(=O)[C@@H](NC(=O)[C@@H]1CCCN1C(=O)[C@@H](NC(=O)[C@H](CCCN=C(N)N)NC(=O)[C@H](CO)NC(=O)[C@@H]1CCCN1C(=O)[C@@H](NC(=O)[C@H](CCCN=C(N)N)NC(=O)[C@H](C)N)[C@@H](C)O)[C@@H](C)O)C(C)C)C(=O)O. The highest BCUT2D eigenvalue weighted by Crippen LogP contribution is 2.22. The van der Waals surface area contributed by atoms with Gasteiger partial charge < -0.3 is 96.1 Å². The van der Waals surface area contributed by atoms with Crippen LogP contribution in [0.1, 0.15) is 99.8 Å². The summed E-state index contributed by atoms with van der Waals surface area (Å²) in [5.41, 5.74) is 27.4. The van der Waals surface area contributed by atoms with E-state index in [0.29, 0.717) is 6.42 Å². The van der Waals surface area contributed by atoms with E-state index in [9.17, 15) is 68.4 Å². The summed E-state index contributed by atoms with van der Waals surface area (Å²) in [5, 5.41) is 58.9. The highest BCUT2D eigenvalue weighted by molar-refractivity contribution is 5.99. The van der Waals surface area contributed by atoms with Gasteiger partial charge in [0.25, 0.3) is 0 Å². The van der Waals surface area contributed by atoms with Gasteiger partial charge >= 0.3 is 5.97 Å². The molecule has 9 amide bonds. The molecule has 30 nitrogen and oxygen atoms in total. The average Bonchev–Trinajstić information content (AvgIpc) is 4.04. The van der Waals surface area contributed by atoms with Crippen molar-refractivity contribution in [2.24, 2.45) is 50.5 Å². The molecular weight excluding hydrogens is 1000 g/mol. The highest BCUT2D eigenvalue weighted by atomic mass is 16.4. The second kappa shape index (κ2) is 31.2. The molecule has 2 heterocycles. The molecule has 2 aliphatic rings. The molecular formula is C46H82N16O14. The first-order valence-electron chi connectivity index (χ1n) is 25.3. The number of amides is 9. The van der Waals surface area contributed by atoms with Crippen LogP contribution in [-0.2, 0) is 47.9 Å². The number of carbonyl (C=O) groups is 10. The molecule has 0 aliphatic carbocycles. The number of nitrogens with one attached hydrogen (secondary N) is 7. The van der Waals surface area contributed by atoms with Gasteiger partial charge in [-0.25, -0.2) is 4.79 Å². The van der Waals surface area contributed by atoms with Gasteiger partial charge in [0.05, 0.1) is 24.9 Å². The number of carboxylic acid groups (broad SMARTS) is 1. The third kappa shape index (κ3) is 20.0. The highest BCUT2D eigenvalue weighted by Gasteiger charge is 2.44. The molecule has 0 radical (unpaired) electrons. The van der Waals surface area contributed by atoms with Gasteiger partial charge in [0.1, 0.15) is 54.4 Å². The number of aliphatic hydroxyl groups excluding tert-OH is 3. The number of aliphatic imine (C=N–C) groups is 2. The number of nitrogens with zero attached hydrogens (tertiary/aromatic N) is 4. The molecule has 30 heteroatoms. The number of aliphatic hydroxyl groups is 3. The third-order valence-corrected chi connectivity index (χ3v) is 12.6. The monoisotopic (exact) mass is 1080 g/mol. The smallest absolute Gasteiger partial charge is 0.326 e. The third-order valence-electron chi connectivity index (χ3n) is 12.6. The summed E-state index contributed by atoms with van der Waals surface area (Å²) in [6.45, 7) is 9.33. The van der Waals surface area contributed by atoms with E-state index in [2.05, 4.69) is 47.2 Å². The molecule has 76 heavy (non-hydrogen) atoms. The Morgan fingerprint density at radius 3 is 1.26 bits per heavy atom. The summed E-state index contributed by atoms with van der Waals surface area (Å²) in [6, 6.07) is -13.7. The topological polar surface area (TPSA) is 497 Å². The minimum absolute atomic E-state index is 0.000626. The molecule has 2 saturated heterocycles. The fourth-order valence-electron chi connectivity index (χ4n) is 8.37. The fraction of sp³-hybridized carbons (Fsp3) is 0.739. The van der Waals surface area contributed by atoms with Crippen LogP contribution in [-0.4, -0.2) is 207 Å². The predicted molar refractivity (Wildman–Crippen MR) is 274 cm³/mol. The quantitative estimate of drug-likeness (QED) is 0.0181. The van der Waals surface area contributed by atoms with Crippen molar-refractivity contribution in [2.45, 2.75) is 172 Å². The Bertz CT molecular complexity index is 2100. The van der Waals surface area contributed by atoms with E-state index in [1.807, 2.05) is 0 Å². The molecule has 0 bridgehead atoms. The molecule has 430 valence electrons. The Hall–Kier alpha value is -6.92. The summed E-state index contributed by atoms with van der Waals surface area (Å²) < 4.78 is 0. The number of carboxylic acids is 1. The van der Waals surface area contributed by atoms with Crippen molar-refractivity contribution in [3.63, 3.8) is 0 Å². The minimum Gasteiger partial charge on any atom is -0.480 e. The van der Waals surface area contributed by atoms with Gasteiger partial charge in [0.15, 0.2) is 11.9 Å². The van der Waals surface area contributed by atoms with E-state index in [0.717, 1.165) is 9.80 Å². The maximum Gasteiger partial charge on any atom is 0.326 e. The van der Waals surface area contributed by atoms with Crippen molar-refractivity contribution in [1.82, 2.24) is 47.0 Å². The Balaban J connectivity index is 2.31. The first-order valence-corrected chi connectivity index (χ1v) is 25.3. The van der Waals surface area contributed by atoms with Crippen LogP contribution in [0.25, 0.3) is 0 Å². The van der Waals surface area contributed by atoms with Gasteiger partial charge in [-0.15, -0.1) is 0 Å². The lowest BCUT2D eigenvalue weighted by Crippen LogP contribution is -2.62. The van der Waals surface area contributed by atoms with Crippen LogP contribution in [0, 0.1) is 11.8 Å². The Labute approximate surface area is 441 Å². The molecule has 0 saturated carbocycles. The largest absolute Gasteiger partial charge is 0.480 e. The number of rotatable bonds is 30. The second-order valence-electron chi connectivity index (χ2n) is 19.7. The second-order valence-corrected chi connectivity index (χ2v) is 19.7. The molecule has 12 atom stereocenters. The van der Waals surface area contributed by atoms with Crippen LogP contribution in [0.4, 0.5) is 0 Å². The first-order chi connectivity index (χ1) is 35.5. The zero-order valence-electron chi connectivity index (χ0n) is 44.3. The molecule has 0 aromatic rings. The fourth-order valence-corrected chi connectivity index (χ4v) is 8.37. The van der Waals surface area contributed by atoms with E-state index < -0.39 is 150 Å². The standard InChI is InChI=1S/C46H82N16O14/c1-21(2)31(41(72)58-32(22(3)4)44(75)76)57-40(71)30-15-11-19-62(30)43(74)34(25(7)65)60-37(68)27(13-9-17-53-46(50)51)55-38(69)28(20-63)56-39(70)29-14-10-18-61(29)42(73)33(24(6)64)59-36(67)26(54-35(66)23(5)47)12-8-16-52-45(48)49/h21-34,63-65H,8-20,47H2,1-7H3,(H,54,66)(H,55,69)(H,56,70)(H,57,71)(H,58,72)(H,59,67)(H,60,68)(H,75,76)(H4,48,49,52)(H4,50,51,53)/t23-,24+,25+,26-,27-,28-,29-,30-,31-,32-,33-,34-/m0/s1. The lowest BCUT2D eigenvalue weighted by Gasteiger charge is -2.32. The maximum atomic E-state index is 14.2. The van der Waals surface area contributed by atoms with E-state index >= 15 is 0 Å². The zero-order chi connectivity index (χ0) is 57.7. The van der Waals surface area contributed by atoms with E-state index in [-0.39, 0.29) is 83.0 Å². The number of carbonyl (C=O) groups excluding carboxylic acids is 9. The molecule has 0 unspecified atom stereocenters. The van der Waals surface area contributed by atoms with Gasteiger partial charge in [0, 0.05) is 26.2 Å². The number of likely N-dealkylation sites (tertiary alicyclic amines) is 2. The van der Waals surface area contributed by atoms with Crippen molar-refractivity contribution in [3.05, 3.63) is 0 Å². The summed E-state index contributed by atoms with van der Waals surface area (Å²) >= 11 is 0. The van der Waals surface area contributed by atoms with Crippen molar-refractivity contribution >= 4 is 71.1 Å². The van der Waals surface area contributed by atoms with Gasteiger partial charge in [-0.1, -0.05) is 27.7 Å². The first kappa shape index (κ1) is 65.2. The van der Waals surface area contributed by atoms with E-state index in [4.69, 9.17) is 28.7 Å². The van der Waals surface area contributed by atoms with Crippen molar-refractivity contribution in [1.29, 1.82) is 0 Å². The molecule has 2 rings (SSSR count). The molecule has 21 N–H and O–H groups in total. The van der Waals surface area contributed by atoms with Crippen molar-refractivity contribution in [2.75, 3.05) is 32.8 Å². The van der Waals surface area contributed by atoms with Crippen LogP contribution in [0.5, 0.6) is 0 Å². The van der Waals surface area contributed by atoms with Crippen LogP contribution in [0.15, 0.2) is 9.98 Å². The Morgan fingerprint density at radius 1 is 0.526 bits per heavy atom. The number of aliphatic carboxylic acids is 1. The Morgan fingerprint density at radius 2 is 0.908 bits per heavy atom. The van der Waals surface area contributed by atoms with E-state index in [1.54, 1.807) is 27.7 Å². The summed E-state index contributed by atoms with van der Waals surface area (Å²) in [5.74, 6) is -10.6. The molecule has 0 aromatic carbocycles. The van der Waals surface area contributed by atoms with Crippen LogP contribution < -0.4 is 65.9 Å². The summed E-state index contributed by atoms with van der Waals surface area (Å²) in [6.07, 6.45) is -2.25. The predicted octanol–water partition coefficient (Wildman–Crippen LogP) is -7.03. The van der Waals surface area contributed by atoms with Gasteiger partial charge in [-0.3, -0.25) is 53.1 Å². The number of hydrogen-bond acceptors (Lipinski definition) is 16. The molecule has 0 aromatic heterocycles. The Kier molecular flexibility index (Phi) is 26.8. The van der Waals surface area contributed by atoms with Crippen molar-refractivity contribution < 1.29 is 68.4 Å². The lowest BCUT2D eigenvalue weighted by atomic mass is 9.99. The van der Waals surface area contributed by atoms with Gasteiger partial charge in [0.2, 0.25) is 53.2 Å². The number of nitrogens with two attached hydrogens (primary N) is 5. The van der Waals surface area contributed by atoms with Crippen LogP contribution in [0.2, 0.25) is 0 Å². The van der Waals surface area contributed by atoms with Crippen LogP contribution in [0.3, 0.4) is 0 Å². The number of hydrogen-bond donors (Lipinski definition) is 16. The maximum absolute atomic E-state index is 14.2. The molecule has 2 aliphatic heterocycles. The average molecular weight is 1080 g/mol. The van der Waals surface area contributed by atoms with Crippen molar-refractivity contribution in [3.8, 4) is 0 Å². The zero-order valence-corrected chi connectivity index (χ0v) is 44.3. The summed E-state index contributed by atoms with van der Waals surface area (Å²) in [4.78, 5) is 145. The number of guanidine groups is 2. The minimum atomic E-state index is -1.74. The molecule has 2 fully saturated rings. The summed E-state index contributed by atoms with van der Waals surface area (Å²) in [7, 11) is 0.